The van der Waals surface area contributed by atoms with E-state index < -0.39 is 5.97 Å². The number of nitriles is 1. The minimum absolute atomic E-state index is 0.0408. The Balaban J connectivity index is 0.00000247. The molecular weight excluding hydrogens is 608 g/mol. The van der Waals surface area contributed by atoms with Gasteiger partial charge >= 0.3 is 35.9 Å². The van der Waals surface area contributed by atoms with Crippen LogP contribution in [0.3, 0.4) is 0 Å². The normalized spacial score (nSPS) is 10.0. The SMILES string of the molecule is [CH2-]c1cc(OC)c(Cc2cc(OC(=O)c3ccccc3)ccc2OCC#N)cc1OCOCCOC.[Zn+][Br]. The second kappa shape index (κ2) is 17.4. The van der Waals surface area contributed by atoms with Gasteiger partial charge in [-0.3, -0.25) is 0 Å². The molecule has 0 saturated heterocycles. The van der Waals surface area contributed by atoms with E-state index in [4.69, 9.17) is 33.7 Å². The Morgan fingerprint density at radius 3 is 2.37 bits per heavy atom. The number of carbonyl (C=O) groups excluding carboxylic acids is 1. The summed E-state index contributed by atoms with van der Waals surface area (Å²) < 4.78 is 32.8. The van der Waals surface area contributed by atoms with Crippen molar-refractivity contribution in [2.75, 3.05) is 40.8 Å². The molecule has 0 atom stereocenters. The molecule has 3 aromatic carbocycles. The number of hydrogen-bond acceptors (Lipinski definition) is 8. The van der Waals surface area contributed by atoms with Gasteiger partial charge in [0.1, 0.15) is 17.6 Å². The summed E-state index contributed by atoms with van der Waals surface area (Å²) in [7, 11) is 3.16. The monoisotopic (exact) mass is 633 g/mol. The number of benzene rings is 3. The van der Waals surface area contributed by atoms with Crippen LogP contribution in [0.2, 0.25) is 0 Å². The van der Waals surface area contributed by atoms with E-state index in [1.807, 2.05) is 18.2 Å². The zero-order valence-electron chi connectivity index (χ0n) is 21.4. The Morgan fingerprint density at radius 2 is 1.68 bits per heavy atom. The van der Waals surface area contributed by atoms with Gasteiger partial charge in [0, 0.05) is 24.8 Å². The molecule has 0 aromatic heterocycles. The number of ether oxygens (including phenoxy) is 6. The van der Waals surface area contributed by atoms with Crippen LogP contribution in [0.25, 0.3) is 0 Å². The summed E-state index contributed by atoms with van der Waals surface area (Å²) in [5, 5.41) is 8.99. The fraction of sp³-hybridized carbons (Fsp3) is 0.250. The van der Waals surface area contributed by atoms with E-state index in [0.717, 1.165) is 5.56 Å². The average Bonchev–Trinajstić information content (AvgIpc) is 2.95. The molecular formula is C28H28BrNO7Zn. The van der Waals surface area contributed by atoms with E-state index in [2.05, 4.69) is 20.5 Å². The second-order valence-corrected chi connectivity index (χ2v) is 7.58. The van der Waals surface area contributed by atoms with Crippen molar-refractivity contribution in [2.24, 2.45) is 0 Å². The van der Waals surface area contributed by atoms with Gasteiger partial charge in [0.15, 0.2) is 13.4 Å². The molecule has 3 rings (SSSR count). The Labute approximate surface area is 239 Å². The number of methoxy groups -OCH3 is 2. The Bertz CT molecular complexity index is 1200. The summed E-state index contributed by atoms with van der Waals surface area (Å²) in [4.78, 5) is 12.5. The number of carbonyl (C=O) groups is 1. The first-order chi connectivity index (χ1) is 18.5. The maximum absolute atomic E-state index is 12.5. The van der Waals surface area contributed by atoms with Crippen molar-refractivity contribution >= 4 is 19.6 Å². The number of hydrogen-bond donors (Lipinski definition) is 0. The Hall–Kier alpha value is -3.09. The molecule has 0 aliphatic heterocycles. The number of nitrogens with zero attached hydrogens (tertiary/aromatic N) is 1. The first kappa shape index (κ1) is 31.1. The van der Waals surface area contributed by atoms with Gasteiger partial charge < -0.3 is 28.4 Å². The topological polar surface area (TPSA) is 96.2 Å². The summed E-state index contributed by atoms with van der Waals surface area (Å²) >= 11 is 4.25. The maximum atomic E-state index is 12.5. The third-order valence-electron chi connectivity index (χ3n) is 5.12. The first-order valence-corrected chi connectivity index (χ1v) is 18.4. The fourth-order valence-corrected chi connectivity index (χ4v) is 3.37. The predicted molar refractivity (Wildman–Crippen MR) is 141 cm³/mol. The van der Waals surface area contributed by atoms with Crippen LogP contribution >= 0.6 is 13.6 Å². The van der Waals surface area contributed by atoms with Crippen molar-refractivity contribution in [2.45, 2.75) is 6.42 Å². The molecule has 0 radical (unpaired) electrons. The molecule has 3 aromatic rings. The predicted octanol–water partition coefficient (Wildman–Crippen LogP) is 5.43. The van der Waals surface area contributed by atoms with Crippen LogP contribution < -0.4 is 18.9 Å². The van der Waals surface area contributed by atoms with Crippen LogP contribution in [-0.4, -0.2) is 46.8 Å². The van der Waals surface area contributed by atoms with Crippen LogP contribution in [0.15, 0.2) is 60.7 Å². The van der Waals surface area contributed by atoms with E-state index in [-0.39, 0.29) is 13.4 Å². The van der Waals surface area contributed by atoms with Gasteiger partial charge in [0.05, 0.1) is 31.6 Å². The van der Waals surface area contributed by atoms with Gasteiger partial charge in [-0.2, -0.15) is 17.7 Å². The molecule has 0 spiro atoms. The van der Waals surface area contributed by atoms with Crippen molar-refractivity contribution in [1.29, 1.82) is 5.26 Å². The summed E-state index contributed by atoms with van der Waals surface area (Å²) in [6, 6.07) is 19.3. The third kappa shape index (κ3) is 9.66. The summed E-state index contributed by atoms with van der Waals surface area (Å²) in [5.41, 5.74) is 2.55. The van der Waals surface area contributed by atoms with Crippen molar-refractivity contribution in [3.8, 4) is 29.1 Å². The molecule has 0 aliphatic rings. The molecule has 38 heavy (non-hydrogen) atoms. The molecule has 0 N–H and O–H groups in total. The molecule has 196 valence electrons. The molecule has 0 fully saturated rings. The molecule has 10 heteroatoms. The van der Waals surface area contributed by atoms with E-state index in [1.54, 1.807) is 62.8 Å². The molecule has 0 aliphatic carbocycles. The van der Waals surface area contributed by atoms with Gasteiger partial charge in [0.25, 0.3) is 0 Å². The van der Waals surface area contributed by atoms with E-state index in [1.165, 1.54) is 16.3 Å². The summed E-state index contributed by atoms with van der Waals surface area (Å²) in [6.07, 6.45) is 0.349. The van der Waals surface area contributed by atoms with Crippen LogP contribution in [0.5, 0.6) is 23.0 Å². The van der Waals surface area contributed by atoms with Gasteiger partial charge in [-0.15, -0.1) is 6.07 Å². The van der Waals surface area contributed by atoms with Crippen LogP contribution in [-0.2, 0) is 32.2 Å². The summed E-state index contributed by atoms with van der Waals surface area (Å²) in [6.45, 7) is 4.80. The quantitative estimate of drug-likeness (QED) is 0.0613. The average molecular weight is 636 g/mol. The zero-order chi connectivity index (χ0) is 27.8. The second-order valence-electron chi connectivity index (χ2n) is 7.58. The Morgan fingerprint density at radius 1 is 0.947 bits per heavy atom. The molecule has 0 unspecified atom stereocenters. The van der Waals surface area contributed by atoms with Gasteiger partial charge in [0.2, 0.25) is 0 Å². The van der Waals surface area contributed by atoms with E-state index in [0.29, 0.717) is 59.3 Å². The first-order valence-electron chi connectivity index (χ1n) is 11.4. The number of esters is 1. The minimum atomic E-state index is -0.476. The number of rotatable bonds is 13. The van der Waals surface area contributed by atoms with Crippen molar-refractivity contribution in [3.63, 3.8) is 0 Å². The number of halogens is 1. The van der Waals surface area contributed by atoms with E-state index >= 15 is 0 Å². The van der Waals surface area contributed by atoms with Crippen molar-refractivity contribution < 1.29 is 49.6 Å². The molecule has 0 heterocycles. The molecule has 0 saturated carbocycles. The molecule has 8 nitrogen and oxygen atoms in total. The fourth-order valence-electron chi connectivity index (χ4n) is 3.37. The van der Waals surface area contributed by atoms with Gasteiger partial charge in [-0.25, -0.2) is 4.79 Å². The van der Waals surface area contributed by atoms with Crippen LogP contribution in [0.1, 0.15) is 27.0 Å². The van der Waals surface area contributed by atoms with Crippen molar-refractivity contribution in [3.05, 3.63) is 89.8 Å². The van der Waals surface area contributed by atoms with Gasteiger partial charge in [-0.05, 0) is 35.9 Å². The van der Waals surface area contributed by atoms with E-state index in [9.17, 15) is 4.79 Å². The zero-order valence-corrected chi connectivity index (χ0v) is 26.0. The standard InChI is InChI=1S/C28H28NO7.BrH.Zn/c1-20-15-27(32-3)23(18-26(20)35-19-33-14-13-31-2)16-22-17-24(9-10-25(22)34-12-11-29)36-28(30)21-7-5-4-6-8-21;;/h4-10,15,17-18H,1,12-14,16,19H2,2-3H3;1H;/q-1;;+2/p-1. The van der Waals surface area contributed by atoms with Crippen LogP contribution in [0, 0.1) is 18.3 Å². The van der Waals surface area contributed by atoms with Gasteiger partial charge in [-0.1, -0.05) is 24.3 Å². The third-order valence-corrected chi connectivity index (χ3v) is 5.12. The van der Waals surface area contributed by atoms with Crippen molar-refractivity contribution in [1.82, 2.24) is 0 Å². The Kier molecular flexibility index (Phi) is 14.3. The molecule has 0 amide bonds. The molecule has 0 bridgehead atoms. The summed E-state index contributed by atoms with van der Waals surface area (Å²) in [5.74, 6) is 1.50. The van der Waals surface area contributed by atoms with Crippen LogP contribution in [0.4, 0.5) is 0 Å².